The van der Waals surface area contributed by atoms with E-state index >= 15 is 0 Å². The molecule has 0 fully saturated rings. The lowest BCUT2D eigenvalue weighted by molar-refractivity contribution is -0.878. The van der Waals surface area contributed by atoms with Crippen LogP contribution in [-0.2, 0) is 0 Å². The number of hydrogen-bond donors (Lipinski definition) is 0. The van der Waals surface area contributed by atoms with Crippen LogP contribution in [0, 0.1) is 0 Å². The van der Waals surface area contributed by atoms with E-state index in [9.17, 15) is 0 Å². The van der Waals surface area contributed by atoms with Crippen LogP contribution in [-0.4, -0.2) is 90.4 Å². The fourth-order valence-corrected chi connectivity index (χ4v) is 0.774. The van der Waals surface area contributed by atoms with Gasteiger partial charge < -0.3 is 26.3 Å². The Morgan fingerprint density at radius 1 is 0.800 bits per heavy atom. The molecule has 0 N–H and O–H groups in total. The van der Waals surface area contributed by atoms with Gasteiger partial charge in [0.1, 0.15) is 0 Å². The van der Waals surface area contributed by atoms with Gasteiger partial charge in [-0.3, -0.25) is 0 Å². The molecule has 0 aromatic heterocycles. The highest BCUT2D eigenvalue weighted by atomic mass is 35.5. The summed E-state index contributed by atoms with van der Waals surface area (Å²) in [5.41, 5.74) is 0. The maximum Gasteiger partial charge on any atom is 0.0969 e. The van der Waals surface area contributed by atoms with Crippen LogP contribution in [0.4, 0.5) is 0 Å². The Balaban J connectivity index is -0.0000000591. The van der Waals surface area contributed by atoms with Crippen molar-refractivity contribution in [3.05, 3.63) is 25.3 Å². The maximum absolute atomic E-state index is 3.68. The lowest BCUT2D eigenvalue weighted by Gasteiger charge is -2.26. The second-order valence-electron chi connectivity index (χ2n) is 6.90. The number of hydrogen-bond acceptors (Lipinski definition) is 1. The third-order valence-electron chi connectivity index (χ3n) is 1.25. The number of halogens is 1. The molecule has 0 saturated heterocycles. The van der Waals surface area contributed by atoms with Crippen LogP contribution in [0.1, 0.15) is 7.43 Å². The van der Waals surface area contributed by atoms with Crippen LogP contribution in [0.3, 0.4) is 0 Å². The van der Waals surface area contributed by atoms with Crippen molar-refractivity contribution in [1.82, 2.24) is 4.90 Å². The lowest BCUT2D eigenvalue weighted by atomic mass is 10.4. The van der Waals surface area contributed by atoms with Crippen molar-refractivity contribution in [2.24, 2.45) is 0 Å². The fraction of sp³-hybridized carbons (Fsp3) is 0.750. The minimum absolute atomic E-state index is 0. The van der Waals surface area contributed by atoms with E-state index in [-0.39, 0.29) is 19.8 Å². The molecule has 3 nitrogen and oxygen atoms in total. The molecule has 0 saturated carbocycles. The van der Waals surface area contributed by atoms with Crippen molar-refractivity contribution in [3.63, 3.8) is 0 Å². The molecule has 126 valence electrons. The molecule has 0 rings (SSSR count). The van der Waals surface area contributed by atoms with Gasteiger partial charge in [0.2, 0.25) is 0 Å². The van der Waals surface area contributed by atoms with E-state index in [0.29, 0.717) is 0 Å². The summed E-state index contributed by atoms with van der Waals surface area (Å²) in [4.78, 5) is 2.00. The summed E-state index contributed by atoms with van der Waals surface area (Å²) in [5, 5.41) is 0. The average Bonchev–Trinajstić information content (AvgIpc) is 1.97. The summed E-state index contributed by atoms with van der Waals surface area (Å²) >= 11 is 0. The van der Waals surface area contributed by atoms with Gasteiger partial charge in [0.15, 0.2) is 0 Å². The third kappa shape index (κ3) is 83.6. The smallest absolute Gasteiger partial charge is 0.0969 e. The summed E-state index contributed by atoms with van der Waals surface area (Å²) in [5.74, 6) is 0. The Morgan fingerprint density at radius 2 is 0.950 bits per heavy atom. The van der Waals surface area contributed by atoms with Crippen LogP contribution in [0.15, 0.2) is 25.3 Å². The van der Waals surface area contributed by atoms with Gasteiger partial charge in [-0.2, -0.15) is 0 Å². The normalized spacial score (nSPS) is 9.70. The number of rotatable bonds is 4. The minimum Gasteiger partial charge on any atom is -1.00 e. The van der Waals surface area contributed by atoms with E-state index in [1.165, 1.54) is 0 Å². The van der Waals surface area contributed by atoms with Gasteiger partial charge in [-0.05, 0) is 33.3 Å². The van der Waals surface area contributed by atoms with Crippen molar-refractivity contribution in [3.8, 4) is 0 Å². The Morgan fingerprint density at radius 3 is 1.05 bits per heavy atom. The number of quaternary nitrogens is 2. The van der Waals surface area contributed by atoms with Crippen LogP contribution in [0.5, 0.6) is 0 Å². The quantitative estimate of drug-likeness (QED) is 0.503. The monoisotopic (exact) mass is 310 g/mol. The molecule has 0 bridgehead atoms. The molecule has 0 amide bonds. The summed E-state index contributed by atoms with van der Waals surface area (Å²) in [6.45, 7) is 9.37. The summed E-state index contributed by atoms with van der Waals surface area (Å²) < 4.78 is 1.95. The van der Waals surface area contributed by atoms with Crippen molar-refractivity contribution < 1.29 is 21.4 Å². The van der Waals surface area contributed by atoms with Crippen molar-refractivity contribution in [2.45, 2.75) is 7.43 Å². The van der Waals surface area contributed by atoms with Gasteiger partial charge >= 0.3 is 0 Å². The van der Waals surface area contributed by atoms with E-state index in [4.69, 9.17) is 0 Å². The summed E-state index contributed by atoms with van der Waals surface area (Å²) in [7, 11) is 18.8. The molecule has 0 atom stereocenters. The summed E-state index contributed by atoms with van der Waals surface area (Å²) in [6.07, 6.45) is 3.87. The third-order valence-corrected chi connectivity index (χ3v) is 1.25. The zero-order valence-electron chi connectivity index (χ0n) is 14.7. The molecular formula is C16H41ClN3+. The molecule has 0 unspecified atom stereocenters. The Bertz CT molecular complexity index is 186. The number of nitrogens with zero attached hydrogens (tertiary/aromatic N) is 3. The zero-order chi connectivity index (χ0) is 15.4. The van der Waals surface area contributed by atoms with Gasteiger partial charge in [-0.1, -0.05) is 20.6 Å². The Labute approximate surface area is 136 Å². The highest BCUT2D eigenvalue weighted by Crippen LogP contribution is 1.95. The predicted octanol–water partition coefficient (Wildman–Crippen LogP) is -0.425. The molecule has 0 aliphatic rings. The van der Waals surface area contributed by atoms with Crippen molar-refractivity contribution in [1.29, 1.82) is 0 Å². The molecule has 0 radical (unpaired) electrons. The second kappa shape index (κ2) is 16.7. The molecule has 0 aromatic rings. The highest BCUT2D eigenvalue weighted by molar-refractivity contribution is 4.69. The molecule has 0 aromatic carbocycles. The first-order valence-corrected chi connectivity index (χ1v) is 6.29. The molecule has 0 aliphatic carbocycles. The molecule has 20 heavy (non-hydrogen) atoms. The predicted molar refractivity (Wildman–Crippen MR) is 92.5 cm³/mol. The van der Waals surface area contributed by atoms with Gasteiger partial charge in [0.25, 0.3) is 0 Å². The van der Waals surface area contributed by atoms with Crippen molar-refractivity contribution in [2.75, 3.05) is 76.5 Å². The van der Waals surface area contributed by atoms with Gasteiger partial charge in [-0.25, -0.2) is 0 Å². The zero-order valence-corrected chi connectivity index (χ0v) is 15.5. The standard InChI is InChI=1S/C8H16N.C4H12N.C3H9N.CH4.ClH/c1-5-7-9(3,4)8-6-2;1-5(2,3)4;1-4(2)3;;/h5-6H,1-2,7-8H2,3-4H3;1-4H3;1-3H3;1H4;1H/q2*+1;;;/p-1. The maximum atomic E-state index is 3.68. The SMILES string of the molecule is C.C=CC[N+](C)(C)CC=C.CN(C)C.C[N+](C)(C)C.[Cl-]. The van der Waals surface area contributed by atoms with Crippen LogP contribution >= 0.6 is 0 Å². The van der Waals surface area contributed by atoms with Gasteiger partial charge in [0, 0.05) is 0 Å². The van der Waals surface area contributed by atoms with E-state index in [1.807, 2.05) is 38.2 Å². The highest BCUT2D eigenvalue weighted by Gasteiger charge is 2.07. The van der Waals surface area contributed by atoms with E-state index in [2.05, 4.69) is 55.4 Å². The largest absolute Gasteiger partial charge is 1.00 e. The Kier molecular flexibility index (Phi) is 26.6. The topological polar surface area (TPSA) is 3.24 Å². The minimum atomic E-state index is 0. The first-order chi connectivity index (χ1) is 7.85. The van der Waals surface area contributed by atoms with Crippen LogP contribution in [0.2, 0.25) is 0 Å². The fourth-order valence-electron chi connectivity index (χ4n) is 0.774. The molecule has 0 heterocycles. The van der Waals surface area contributed by atoms with E-state index in [0.717, 1.165) is 22.1 Å². The molecule has 0 aliphatic heterocycles. The van der Waals surface area contributed by atoms with E-state index in [1.54, 1.807) is 0 Å². The average molecular weight is 311 g/mol. The first-order valence-electron chi connectivity index (χ1n) is 6.29. The molecule has 4 heteroatoms. The van der Waals surface area contributed by atoms with Gasteiger partial charge in [-0.15, -0.1) is 0 Å². The van der Waals surface area contributed by atoms with Crippen LogP contribution in [0.25, 0.3) is 0 Å². The van der Waals surface area contributed by atoms with E-state index < -0.39 is 0 Å². The molecule has 0 spiro atoms. The summed E-state index contributed by atoms with van der Waals surface area (Å²) in [6, 6.07) is 0. The number of likely N-dealkylation sites (N-methyl/N-ethyl adjacent to an activating group) is 1. The Hall–Kier alpha value is -0.350. The second-order valence-corrected chi connectivity index (χ2v) is 6.90. The first kappa shape index (κ1) is 31.8. The van der Waals surface area contributed by atoms with Crippen LogP contribution < -0.4 is 12.4 Å². The van der Waals surface area contributed by atoms with Gasteiger partial charge in [0.05, 0.1) is 55.4 Å². The lowest BCUT2D eigenvalue weighted by Crippen LogP contribution is -3.00. The van der Waals surface area contributed by atoms with Crippen molar-refractivity contribution >= 4 is 0 Å². The molecular weight excluding hydrogens is 270 g/mol.